The number of piperidine rings is 1. The van der Waals surface area contributed by atoms with Gasteiger partial charge in [0.05, 0.1) is 18.3 Å². The number of hydrogen-bond acceptors (Lipinski definition) is 4. The number of aliphatic hydroxyl groups excluding tert-OH is 2. The quantitative estimate of drug-likeness (QED) is 0.884. The van der Waals surface area contributed by atoms with Crippen molar-refractivity contribution in [2.75, 3.05) is 19.7 Å². The van der Waals surface area contributed by atoms with Gasteiger partial charge >= 0.3 is 0 Å². The van der Waals surface area contributed by atoms with Crippen LogP contribution in [0.3, 0.4) is 0 Å². The Labute approximate surface area is 143 Å². The Morgan fingerprint density at radius 2 is 2.21 bits per heavy atom. The monoisotopic (exact) mass is 332 g/mol. The molecule has 132 valence electrons. The van der Waals surface area contributed by atoms with E-state index in [1.165, 1.54) is 12.0 Å². The molecule has 1 fully saturated rings. The van der Waals surface area contributed by atoms with E-state index in [1.54, 1.807) is 11.1 Å². The molecule has 0 spiro atoms. The van der Waals surface area contributed by atoms with Crippen molar-refractivity contribution in [1.82, 2.24) is 9.88 Å². The third-order valence-electron chi connectivity index (χ3n) is 5.75. The van der Waals surface area contributed by atoms with Crippen LogP contribution in [0.1, 0.15) is 60.6 Å². The van der Waals surface area contributed by atoms with E-state index < -0.39 is 11.5 Å². The van der Waals surface area contributed by atoms with E-state index in [1.807, 2.05) is 6.07 Å². The molecule has 1 amide bonds. The van der Waals surface area contributed by atoms with Crippen molar-refractivity contribution in [2.24, 2.45) is 5.41 Å². The number of aryl methyl sites for hydroxylation is 2. The highest BCUT2D eigenvalue weighted by Gasteiger charge is 2.42. The fourth-order valence-electron chi connectivity index (χ4n) is 4.14. The smallest absolute Gasteiger partial charge is 0.255 e. The zero-order valence-electron chi connectivity index (χ0n) is 14.5. The van der Waals surface area contributed by atoms with Crippen LogP contribution >= 0.6 is 0 Å². The molecule has 1 saturated heterocycles. The zero-order chi connectivity index (χ0) is 17.2. The molecule has 2 heterocycles. The van der Waals surface area contributed by atoms with E-state index >= 15 is 0 Å². The van der Waals surface area contributed by atoms with Gasteiger partial charge in [-0.25, -0.2) is 0 Å². The number of carbonyl (C=O) groups excluding carboxylic acids is 1. The summed E-state index contributed by atoms with van der Waals surface area (Å²) >= 11 is 0. The molecule has 1 aromatic heterocycles. The third kappa shape index (κ3) is 3.20. The number of rotatable bonds is 4. The van der Waals surface area contributed by atoms with Crippen LogP contribution in [0.5, 0.6) is 0 Å². The van der Waals surface area contributed by atoms with E-state index in [2.05, 4.69) is 11.9 Å². The Morgan fingerprint density at radius 1 is 1.42 bits per heavy atom. The topological polar surface area (TPSA) is 73.7 Å². The number of hydrogen-bond donors (Lipinski definition) is 2. The van der Waals surface area contributed by atoms with Gasteiger partial charge in [-0.05, 0) is 50.2 Å². The standard InChI is InChI=1S/C19H28N2O3/c1-2-7-19(13-22)8-9-21(12-17(19)23)18(24)15-10-14-5-3-4-6-16(14)20-11-15/h10-11,17,22-23H,2-9,12-13H2,1H3/t17-,19+/m0/s1. The van der Waals surface area contributed by atoms with Crippen LogP contribution in [-0.4, -0.2) is 51.8 Å². The summed E-state index contributed by atoms with van der Waals surface area (Å²) in [6, 6.07) is 1.98. The first-order valence-electron chi connectivity index (χ1n) is 9.15. The average molecular weight is 332 g/mol. The SMILES string of the molecule is CCC[C@]1(CO)CCN(C(=O)c2cnc3c(c2)CCCC3)C[C@@H]1O. The molecular weight excluding hydrogens is 304 g/mol. The lowest BCUT2D eigenvalue weighted by atomic mass is 9.73. The molecule has 0 saturated carbocycles. The lowest BCUT2D eigenvalue weighted by Crippen LogP contribution is -2.54. The van der Waals surface area contributed by atoms with Crippen LogP contribution < -0.4 is 0 Å². The number of fused-ring (bicyclic) bond motifs is 1. The van der Waals surface area contributed by atoms with Gasteiger partial charge in [-0.3, -0.25) is 9.78 Å². The summed E-state index contributed by atoms with van der Waals surface area (Å²) in [5.74, 6) is -0.0574. The van der Waals surface area contributed by atoms with Gasteiger partial charge in [0, 0.05) is 30.4 Å². The zero-order valence-corrected chi connectivity index (χ0v) is 14.5. The first-order valence-corrected chi connectivity index (χ1v) is 9.15. The Hall–Kier alpha value is -1.46. The summed E-state index contributed by atoms with van der Waals surface area (Å²) in [7, 11) is 0. The van der Waals surface area contributed by atoms with Gasteiger partial charge in [-0.2, -0.15) is 0 Å². The molecule has 5 nitrogen and oxygen atoms in total. The molecule has 0 bridgehead atoms. The average Bonchev–Trinajstić information content (AvgIpc) is 2.62. The van der Waals surface area contributed by atoms with Gasteiger partial charge in [-0.15, -0.1) is 0 Å². The van der Waals surface area contributed by atoms with Crippen LogP contribution in [0.15, 0.2) is 12.3 Å². The molecule has 0 aromatic carbocycles. The molecule has 1 aliphatic heterocycles. The van der Waals surface area contributed by atoms with E-state index in [0.717, 1.165) is 37.8 Å². The van der Waals surface area contributed by atoms with Crippen LogP contribution in [0.2, 0.25) is 0 Å². The number of carbonyl (C=O) groups is 1. The summed E-state index contributed by atoms with van der Waals surface area (Å²) in [4.78, 5) is 19.0. The highest BCUT2D eigenvalue weighted by Crippen LogP contribution is 2.36. The first-order chi connectivity index (χ1) is 11.6. The Bertz CT molecular complexity index is 604. The number of aromatic nitrogens is 1. The second-order valence-corrected chi connectivity index (χ2v) is 7.32. The molecule has 1 aromatic rings. The summed E-state index contributed by atoms with van der Waals surface area (Å²) in [6.45, 7) is 2.90. The summed E-state index contributed by atoms with van der Waals surface area (Å²) < 4.78 is 0. The number of aliphatic hydroxyl groups is 2. The Morgan fingerprint density at radius 3 is 2.92 bits per heavy atom. The minimum Gasteiger partial charge on any atom is -0.396 e. The third-order valence-corrected chi connectivity index (χ3v) is 5.75. The van der Waals surface area contributed by atoms with E-state index in [0.29, 0.717) is 18.5 Å². The number of pyridine rings is 1. The van der Waals surface area contributed by atoms with Crippen molar-refractivity contribution in [3.05, 3.63) is 29.1 Å². The summed E-state index contributed by atoms with van der Waals surface area (Å²) in [5.41, 5.74) is 2.48. The van der Waals surface area contributed by atoms with Gasteiger partial charge in [0.25, 0.3) is 5.91 Å². The first kappa shape index (κ1) is 17.4. The lowest BCUT2D eigenvalue weighted by Gasteiger charge is -2.44. The number of β-amino-alcohol motifs (C(OH)–C–C–N with tert-alkyl or cyclic N) is 1. The van der Waals surface area contributed by atoms with Crippen molar-refractivity contribution in [1.29, 1.82) is 0 Å². The Kier molecular flexibility index (Phi) is 5.21. The van der Waals surface area contributed by atoms with E-state index in [-0.39, 0.29) is 19.1 Å². The molecule has 2 aliphatic rings. The highest BCUT2D eigenvalue weighted by molar-refractivity contribution is 5.94. The molecule has 1 aliphatic carbocycles. The minimum atomic E-state index is -0.675. The predicted octanol–water partition coefficient (Wildman–Crippen LogP) is 1.95. The molecule has 0 radical (unpaired) electrons. The van der Waals surface area contributed by atoms with Crippen molar-refractivity contribution in [3.8, 4) is 0 Å². The van der Waals surface area contributed by atoms with Crippen LogP contribution in [-0.2, 0) is 12.8 Å². The molecule has 3 rings (SSSR count). The van der Waals surface area contributed by atoms with Crippen molar-refractivity contribution in [2.45, 2.75) is 58.0 Å². The predicted molar refractivity (Wildman–Crippen MR) is 91.8 cm³/mol. The maximum absolute atomic E-state index is 12.8. The molecule has 2 atom stereocenters. The normalized spacial score (nSPS) is 27.0. The summed E-state index contributed by atoms with van der Waals surface area (Å²) in [5, 5.41) is 20.3. The highest BCUT2D eigenvalue weighted by atomic mass is 16.3. The molecule has 24 heavy (non-hydrogen) atoms. The van der Waals surface area contributed by atoms with Gasteiger partial charge < -0.3 is 15.1 Å². The van der Waals surface area contributed by atoms with Crippen LogP contribution in [0.4, 0.5) is 0 Å². The van der Waals surface area contributed by atoms with Crippen LogP contribution in [0.25, 0.3) is 0 Å². The number of nitrogens with zero attached hydrogens (tertiary/aromatic N) is 2. The van der Waals surface area contributed by atoms with E-state index in [4.69, 9.17) is 0 Å². The van der Waals surface area contributed by atoms with Gasteiger partial charge in [0.1, 0.15) is 0 Å². The molecular formula is C19H28N2O3. The maximum atomic E-state index is 12.8. The Balaban J connectivity index is 1.73. The maximum Gasteiger partial charge on any atom is 0.255 e. The lowest BCUT2D eigenvalue weighted by molar-refractivity contribution is -0.0713. The van der Waals surface area contributed by atoms with Gasteiger partial charge in [0.2, 0.25) is 0 Å². The molecule has 0 unspecified atom stereocenters. The van der Waals surface area contributed by atoms with E-state index in [9.17, 15) is 15.0 Å². The van der Waals surface area contributed by atoms with Crippen molar-refractivity contribution >= 4 is 5.91 Å². The number of likely N-dealkylation sites (tertiary alicyclic amines) is 1. The second-order valence-electron chi connectivity index (χ2n) is 7.32. The number of amides is 1. The molecule has 2 N–H and O–H groups in total. The van der Waals surface area contributed by atoms with Gasteiger partial charge in [-0.1, -0.05) is 13.3 Å². The largest absolute Gasteiger partial charge is 0.396 e. The second kappa shape index (κ2) is 7.19. The van der Waals surface area contributed by atoms with Crippen molar-refractivity contribution in [3.63, 3.8) is 0 Å². The molecule has 5 heteroatoms. The van der Waals surface area contributed by atoms with Gasteiger partial charge in [0.15, 0.2) is 0 Å². The fraction of sp³-hybridized carbons (Fsp3) is 0.684. The van der Waals surface area contributed by atoms with Crippen LogP contribution in [0, 0.1) is 5.41 Å². The minimum absolute atomic E-state index is 0.0234. The van der Waals surface area contributed by atoms with Crippen molar-refractivity contribution < 1.29 is 15.0 Å². The summed E-state index contributed by atoms with van der Waals surface area (Å²) in [6.07, 6.45) is 7.68. The fourth-order valence-corrected chi connectivity index (χ4v) is 4.14.